The van der Waals surface area contributed by atoms with Gasteiger partial charge in [0.15, 0.2) is 14.2 Å². The second-order valence-electron chi connectivity index (χ2n) is 8.61. The summed E-state index contributed by atoms with van der Waals surface area (Å²) in [6, 6.07) is 23.8. The standard InChI is InChI=1S/C17H19NO.C9H12.C5H11OP/c1-3-18(4-2)16-13-9-8-12-15(16)17(19)14-10-6-5-7-11-14;1-7-4-8(2)6-9(3)5-7;1-2-3-4-5-7-6/h5-13H,3-4H2,1-2H3;4-6H,1-3H3;2-5H2,1H3. The van der Waals surface area contributed by atoms with Gasteiger partial charge < -0.3 is 4.90 Å². The average Bonchev–Trinajstić information content (AvgIpc) is 2.85. The van der Waals surface area contributed by atoms with Gasteiger partial charge in [-0.3, -0.25) is 9.36 Å². The summed E-state index contributed by atoms with van der Waals surface area (Å²) >= 11 is 0. The Morgan fingerprint density at radius 1 is 0.743 bits per heavy atom. The first-order chi connectivity index (χ1) is 16.9. The van der Waals surface area contributed by atoms with Crippen LogP contribution in [-0.2, 0) is 4.57 Å². The molecule has 3 nitrogen and oxygen atoms in total. The summed E-state index contributed by atoms with van der Waals surface area (Å²) in [7, 11) is 0.305. The highest BCUT2D eigenvalue weighted by Gasteiger charge is 2.15. The van der Waals surface area contributed by atoms with E-state index in [4.69, 9.17) is 0 Å². The van der Waals surface area contributed by atoms with Crippen LogP contribution in [0.1, 0.15) is 72.6 Å². The maximum absolute atomic E-state index is 12.6. The van der Waals surface area contributed by atoms with Crippen LogP contribution in [0, 0.1) is 20.8 Å². The zero-order chi connectivity index (χ0) is 26.1. The van der Waals surface area contributed by atoms with Gasteiger partial charge in [-0.1, -0.05) is 97.1 Å². The van der Waals surface area contributed by atoms with Crippen LogP contribution in [0.5, 0.6) is 0 Å². The normalized spacial score (nSPS) is 10.0. The molecule has 0 saturated heterocycles. The summed E-state index contributed by atoms with van der Waals surface area (Å²) in [5, 5.41) is 0. The fourth-order valence-electron chi connectivity index (χ4n) is 3.88. The summed E-state index contributed by atoms with van der Waals surface area (Å²) in [6.07, 6.45) is 4.39. The first-order valence-electron chi connectivity index (χ1n) is 12.7. The zero-order valence-electron chi connectivity index (χ0n) is 22.4. The largest absolute Gasteiger partial charge is 0.371 e. The molecule has 0 fully saturated rings. The Balaban J connectivity index is 0.000000317. The SMILES string of the molecule is CCCCCP=O.CCN(CC)c1ccccc1C(=O)c1ccccc1.Cc1cc(C)cc(C)c1. The van der Waals surface area contributed by atoms with Gasteiger partial charge in [0.05, 0.1) is 0 Å². The molecular formula is C31H42NO2P. The van der Waals surface area contributed by atoms with E-state index in [2.05, 4.69) is 64.6 Å². The Hall–Kier alpha value is -2.77. The number of rotatable bonds is 9. The number of aryl methyl sites for hydroxylation is 3. The number of hydrogen-bond donors (Lipinski definition) is 0. The fraction of sp³-hybridized carbons (Fsp3) is 0.387. The van der Waals surface area contributed by atoms with E-state index < -0.39 is 0 Å². The molecular weight excluding hydrogens is 449 g/mol. The van der Waals surface area contributed by atoms with Gasteiger partial charge in [-0.05, 0) is 53.2 Å². The zero-order valence-corrected chi connectivity index (χ0v) is 23.3. The molecule has 3 aromatic rings. The minimum absolute atomic E-state index is 0.0862. The topological polar surface area (TPSA) is 37.4 Å². The van der Waals surface area contributed by atoms with Crippen LogP contribution in [-0.4, -0.2) is 25.0 Å². The van der Waals surface area contributed by atoms with Crippen molar-refractivity contribution >= 4 is 19.9 Å². The number of carbonyl (C=O) groups excluding carboxylic acids is 1. The molecule has 3 rings (SSSR count). The van der Waals surface area contributed by atoms with Gasteiger partial charge in [-0.15, -0.1) is 0 Å². The molecule has 3 aromatic carbocycles. The number of nitrogens with zero attached hydrogens (tertiary/aromatic N) is 1. The summed E-state index contributed by atoms with van der Waals surface area (Å²) < 4.78 is 9.78. The minimum Gasteiger partial charge on any atom is -0.371 e. The molecule has 188 valence electrons. The maximum Gasteiger partial charge on any atom is 0.195 e. The molecule has 0 heterocycles. The lowest BCUT2D eigenvalue weighted by Crippen LogP contribution is -2.24. The van der Waals surface area contributed by atoms with Crippen LogP contribution < -0.4 is 4.90 Å². The maximum atomic E-state index is 12.6. The average molecular weight is 492 g/mol. The van der Waals surface area contributed by atoms with Gasteiger partial charge in [-0.2, -0.15) is 0 Å². The summed E-state index contributed by atoms with van der Waals surface area (Å²) in [5.74, 6) is 0.0862. The predicted octanol–water partition coefficient (Wildman–Crippen LogP) is 8.84. The molecule has 0 bridgehead atoms. The third-order valence-electron chi connectivity index (χ3n) is 5.51. The lowest BCUT2D eigenvalue weighted by Gasteiger charge is -2.23. The van der Waals surface area contributed by atoms with Gasteiger partial charge >= 0.3 is 0 Å². The van der Waals surface area contributed by atoms with Crippen molar-refractivity contribution in [2.75, 3.05) is 24.2 Å². The third kappa shape index (κ3) is 11.5. The van der Waals surface area contributed by atoms with Crippen molar-refractivity contribution in [1.29, 1.82) is 0 Å². The molecule has 0 aliphatic carbocycles. The molecule has 35 heavy (non-hydrogen) atoms. The first-order valence-corrected chi connectivity index (χ1v) is 13.6. The van der Waals surface area contributed by atoms with Crippen molar-refractivity contribution in [2.45, 2.75) is 60.8 Å². The van der Waals surface area contributed by atoms with Crippen LogP contribution in [0.25, 0.3) is 0 Å². The number of hydrogen-bond acceptors (Lipinski definition) is 3. The number of carbonyl (C=O) groups is 1. The van der Waals surface area contributed by atoms with E-state index >= 15 is 0 Å². The molecule has 0 N–H and O–H groups in total. The van der Waals surface area contributed by atoms with Gasteiger partial charge in [0.25, 0.3) is 0 Å². The van der Waals surface area contributed by atoms with Crippen LogP contribution in [0.15, 0.2) is 72.8 Å². The van der Waals surface area contributed by atoms with Crippen molar-refractivity contribution < 1.29 is 9.36 Å². The van der Waals surface area contributed by atoms with Crippen LogP contribution in [0.2, 0.25) is 0 Å². The van der Waals surface area contributed by atoms with Gasteiger partial charge in [0.1, 0.15) is 0 Å². The van der Waals surface area contributed by atoms with Crippen LogP contribution >= 0.6 is 8.46 Å². The smallest absolute Gasteiger partial charge is 0.195 e. The van der Waals surface area contributed by atoms with Gasteiger partial charge in [-0.25, -0.2) is 0 Å². The van der Waals surface area contributed by atoms with Crippen LogP contribution in [0.4, 0.5) is 5.69 Å². The molecule has 0 aromatic heterocycles. The second-order valence-corrected chi connectivity index (χ2v) is 9.31. The summed E-state index contributed by atoms with van der Waals surface area (Å²) in [6.45, 7) is 14.5. The molecule has 0 saturated carbocycles. The fourth-order valence-corrected chi connectivity index (χ4v) is 4.23. The van der Waals surface area contributed by atoms with Crippen LogP contribution in [0.3, 0.4) is 0 Å². The minimum atomic E-state index is 0.0862. The van der Waals surface area contributed by atoms with E-state index in [0.29, 0.717) is 8.46 Å². The molecule has 0 aliphatic heterocycles. The highest BCUT2D eigenvalue weighted by Crippen LogP contribution is 2.23. The molecule has 0 radical (unpaired) electrons. The van der Waals surface area contributed by atoms with E-state index in [1.165, 1.54) is 29.5 Å². The summed E-state index contributed by atoms with van der Waals surface area (Å²) in [4.78, 5) is 14.8. The van der Waals surface area contributed by atoms with E-state index in [1.807, 2.05) is 54.6 Å². The first kappa shape index (κ1) is 30.3. The number of anilines is 1. The van der Waals surface area contributed by atoms with Crippen molar-refractivity contribution in [1.82, 2.24) is 0 Å². The lowest BCUT2D eigenvalue weighted by molar-refractivity contribution is 0.103. The predicted molar refractivity (Wildman–Crippen MR) is 153 cm³/mol. The Labute approximate surface area is 214 Å². The lowest BCUT2D eigenvalue weighted by atomic mass is 10.0. The van der Waals surface area contributed by atoms with Gasteiger partial charge in [0, 0.05) is 36.1 Å². The van der Waals surface area contributed by atoms with Crippen molar-refractivity contribution in [3.63, 3.8) is 0 Å². The quantitative estimate of drug-likeness (QED) is 0.170. The third-order valence-corrected chi connectivity index (χ3v) is 6.01. The van der Waals surface area contributed by atoms with E-state index in [9.17, 15) is 9.36 Å². The molecule has 0 spiro atoms. The molecule has 4 heteroatoms. The number of benzene rings is 3. The highest BCUT2D eigenvalue weighted by molar-refractivity contribution is 7.23. The molecule has 0 atom stereocenters. The Bertz CT molecular complexity index is 963. The second kappa shape index (κ2) is 17.6. The molecule has 0 unspecified atom stereocenters. The van der Waals surface area contributed by atoms with Crippen molar-refractivity contribution in [3.05, 3.63) is 101 Å². The Morgan fingerprint density at radius 3 is 1.74 bits per heavy atom. The number of ketones is 1. The highest BCUT2D eigenvalue weighted by atomic mass is 31.1. The molecule has 0 amide bonds. The van der Waals surface area contributed by atoms with E-state index in [-0.39, 0.29) is 5.78 Å². The Morgan fingerprint density at radius 2 is 1.26 bits per heavy atom. The van der Waals surface area contributed by atoms with Crippen molar-refractivity contribution in [2.24, 2.45) is 0 Å². The monoisotopic (exact) mass is 491 g/mol. The van der Waals surface area contributed by atoms with E-state index in [0.717, 1.165) is 42.5 Å². The van der Waals surface area contributed by atoms with E-state index in [1.54, 1.807) is 0 Å². The Kier molecular flexibility index (Phi) is 15.2. The number of unbranched alkanes of at least 4 members (excludes halogenated alkanes) is 2. The van der Waals surface area contributed by atoms with Crippen molar-refractivity contribution in [3.8, 4) is 0 Å². The van der Waals surface area contributed by atoms with Gasteiger partial charge in [0.2, 0.25) is 0 Å². The summed E-state index contributed by atoms with van der Waals surface area (Å²) in [5.41, 5.74) is 6.59. The number of para-hydroxylation sites is 1. The molecule has 0 aliphatic rings.